The summed E-state index contributed by atoms with van der Waals surface area (Å²) in [6.07, 6.45) is -13.2. The molecule has 15 heavy (non-hydrogen) atoms. The second-order valence-electron chi connectivity index (χ2n) is 2.88. The molecule has 0 aliphatic carbocycles. The van der Waals surface area contributed by atoms with Crippen molar-refractivity contribution in [2.45, 2.75) is 37.0 Å². The summed E-state index contributed by atoms with van der Waals surface area (Å²) >= 11 is 0. The van der Waals surface area contributed by atoms with E-state index in [1.54, 1.807) is 0 Å². The number of alkyl halides is 8. The first-order valence-corrected chi connectivity index (χ1v) is 3.70. The Labute approximate surface area is 80.3 Å². The van der Waals surface area contributed by atoms with Gasteiger partial charge in [-0.1, -0.05) is 6.92 Å². The van der Waals surface area contributed by atoms with Gasteiger partial charge in [-0.05, 0) is 6.42 Å². The van der Waals surface area contributed by atoms with E-state index in [2.05, 4.69) is 6.92 Å². The molecule has 0 fully saturated rings. The predicted molar refractivity (Wildman–Crippen MR) is 35.4 cm³/mol. The Bertz CT molecular complexity index is 206. The van der Waals surface area contributed by atoms with Crippen molar-refractivity contribution in [3.63, 3.8) is 0 Å². The van der Waals surface area contributed by atoms with Crippen molar-refractivity contribution in [1.82, 2.24) is 0 Å². The van der Waals surface area contributed by atoms with Crippen molar-refractivity contribution in [2.24, 2.45) is 0 Å². The highest BCUT2D eigenvalue weighted by Gasteiger charge is 2.64. The molecule has 0 aromatic carbocycles. The lowest BCUT2D eigenvalue weighted by Crippen LogP contribution is -2.49. The lowest BCUT2D eigenvalue weighted by Gasteiger charge is -2.29. The molecule has 0 bridgehead atoms. The van der Waals surface area contributed by atoms with Crippen LogP contribution in [0.2, 0.25) is 0 Å². The largest absolute Gasteiger partial charge is 0.395 e. The fraction of sp³-hybridized carbons (Fsp3) is 0.857. The lowest BCUT2D eigenvalue weighted by molar-refractivity contribution is -0.281. The summed E-state index contributed by atoms with van der Waals surface area (Å²) in [5, 5.41) is 0. The summed E-state index contributed by atoms with van der Waals surface area (Å²) in [6, 6.07) is 0. The Morgan fingerprint density at radius 1 is 0.933 bits per heavy atom. The molecule has 0 aliphatic heterocycles. The van der Waals surface area contributed by atoms with Gasteiger partial charge in [0, 0.05) is 0 Å². The third-order valence-electron chi connectivity index (χ3n) is 1.56. The van der Waals surface area contributed by atoms with Gasteiger partial charge in [0.15, 0.2) is 6.17 Å². The molecule has 1 radical (unpaired) electrons. The van der Waals surface area contributed by atoms with Crippen LogP contribution in [0.3, 0.4) is 0 Å². The van der Waals surface area contributed by atoms with E-state index >= 15 is 0 Å². The molecule has 0 unspecified atom stereocenters. The van der Waals surface area contributed by atoms with Crippen LogP contribution in [0.1, 0.15) is 12.8 Å². The zero-order valence-electron chi connectivity index (χ0n) is 7.22. The van der Waals surface area contributed by atoms with E-state index in [0.717, 1.165) is 0 Å². The smallest absolute Gasteiger partial charge is 0.241 e. The van der Waals surface area contributed by atoms with E-state index in [1.165, 1.54) is 0 Å². The highest BCUT2D eigenvalue weighted by atomic mass is 19.4. The molecule has 0 saturated carbocycles. The van der Waals surface area contributed by atoms with Crippen molar-refractivity contribution >= 4 is 0 Å². The molecule has 0 saturated heterocycles. The molecule has 0 rings (SSSR count). The number of halogens is 8. The van der Waals surface area contributed by atoms with E-state index in [-0.39, 0.29) is 0 Å². The Hall–Kier alpha value is -0.560. The fourth-order valence-electron chi connectivity index (χ4n) is 0.780. The quantitative estimate of drug-likeness (QED) is 0.659. The first-order valence-electron chi connectivity index (χ1n) is 3.70. The minimum absolute atomic E-state index is 1.24. The molecular weight excluding hydrogens is 236 g/mol. The molecular formula is C7H7F8. The van der Waals surface area contributed by atoms with Crippen LogP contribution in [0.25, 0.3) is 0 Å². The van der Waals surface area contributed by atoms with Gasteiger partial charge in [-0.15, -0.1) is 0 Å². The molecule has 0 amide bonds. The van der Waals surface area contributed by atoms with Gasteiger partial charge in [-0.3, -0.25) is 0 Å². The summed E-state index contributed by atoms with van der Waals surface area (Å²) in [7, 11) is 0. The van der Waals surface area contributed by atoms with E-state index in [0.29, 0.717) is 0 Å². The van der Waals surface area contributed by atoms with E-state index in [4.69, 9.17) is 0 Å². The van der Waals surface area contributed by atoms with Gasteiger partial charge in [0.05, 0.1) is 0 Å². The maximum Gasteiger partial charge on any atom is 0.395 e. The molecule has 8 heteroatoms. The minimum atomic E-state index is -5.49. The van der Waals surface area contributed by atoms with E-state index in [1.807, 2.05) is 0 Å². The minimum Gasteiger partial charge on any atom is -0.241 e. The standard InChI is InChI=1S/C7H7F8/c1-2-4(8)7(14,15)5(9,10)3-6(11,12)13/h4H,1-3H2/t4-/m0/s1. The van der Waals surface area contributed by atoms with Gasteiger partial charge >= 0.3 is 18.0 Å². The van der Waals surface area contributed by atoms with Gasteiger partial charge in [0.25, 0.3) is 0 Å². The molecule has 0 nitrogen and oxygen atoms in total. The van der Waals surface area contributed by atoms with Gasteiger partial charge in [-0.25, -0.2) is 4.39 Å². The lowest BCUT2D eigenvalue weighted by atomic mass is 10.0. The van der Waals surface area contributed by atoms with Gasteiger partial charge in [-0.2, -0.15) is 30.7 Å². The molecule has 91 valence electrons. The second kappa shape index (κ2) is 4.13. The summed E-state index contributed by atoms with van der Waals surface area (Å²) in [5.74, 6) is -10.8. The first-order chi connectivity index (χ1) is 6.44. The normalized spacial score (nSPS) is 16.6. The fourth-order valence-corrected chi connectivity index (χ4v) is 0.780. The number of hydrogen-bond acceptors (Lipinski definition) is 0. The SMILES string of the molecule is [CH2]C[C@H](F)C(F)(F)C(F)(F)CC(F)(F)F. The van der Waals surface area contributed by atoms with Gasteiger partial charge < -0.3 is 0 Å². The average molecular weight is 243 g/mol. The molecule has 0 spiro atoms. The first kappa shape index (κ1) is 14.4. The maximum absolute atomic E-state index is 12.5. The van der Waals surface area contributed by atoms with Gasteiger partial charge in [0.1, 0.15) is 6.42 Å². The van der Waals surface area contributed by atoms with Crippen molar-refractivity contribution in [2.75, 3.05) is 0 Å². The van der Waals surface area contributed by atoms with Crippen LogP contribution in [0, 0.1) is 6.92 Å². The third-order valence-corrected chi connectivity index (χ3v) is 1.56. The van der Waals surface area contributed by atoms with E-state index < -0.39 is 37.0 Å². The molecule has 0 N–H and O–H groups in total. The highest BCUT2D eigenvalue weighted by molar-refractivity contribution is 4.92. The van der Waals surface area contributed by atoms with Crippen LogP contribution in [0.5, 0.6) is 0 Å². The van der Waals surface area contributed by atoms with Crippen molar-refractivity contribution in [1.29, 1.82) is 0 Å². The van der Waals surface area contributed by atoms with Crippen molar-refractivity contribution < 1.29 is 35.1 Å². The third kappa shape index (κ3) is 3.49. The molecule has 0 aromatic rings. The topological polar surface area (TPSA) is 0 Å². The monoisotopic (exact) mass is 243 g/mol. The van der Waals surface area contributed by atoms with Crippen LogP contribution in [0.15, 0.2) is 0 Å². The van der Waals surface area contributed by atoms with Crippen molar-refractivity contribution in [3.05, 3.63) is 6.92 Å². The maximum atomic E-state index is 12.5. The van der Waals surface area contributed by atoms with Crippen LogP contribution in [-0.4, -0.2) is 24.2 Å². The predicted octanol–water partition coefficient (Wildman–Crippen LogP) is 3.77. The van der Waals surface area contributed by atoms with Crippen LogP contribution in [0.4, 0.5) is 35.1 Å². The molecule has 0 aliphatic rings. The number of rotatable bonds is 4. The Morgan fingerprint density at radius 3 is 1.60 bits per heavy atom. The Kier molecular flexibility index (Phi) is 3.98. The van der Waals surface area contributed by atoms with Crippen LogP contribution < -0.4 is 0 Å². The second-order valence-corrected chi connectivity index (χ2v) is 2.88. The summed E-state index contributed by atoms with van der Waals surface area (Å²) in [6.45, 7) is 2.59. The molecule has 0 heterocycles. The highest BCUT2D eigenvalue weighted by Crippen LogP contribution is 2.45. The zero-order valence-corrected chi connectivity index (χ0v) is 7.22. The van der Waals surface area contributed by atoms with E-state index in [9.17, 15) is 35.1 Å². The Balaban J connectivity index is 4.84. The summed E-state index contributed by atoms with van der Waals surface area (Å²) < 4.78 is 96.5. The average Bonchev–Trinajstić information content (AvgIpc) is 1.97. The molecule has 1 atom stereocenters. The zero-order chi connectivity index (χ0) is 12.5. The molecule has 0 aromatic heterocycles. The van der Waals surface area contributed by atoms with Gasteiger partial charge in [0.2, 0.25) is 0 Å². The Morgan fingerprint density at radius 2 is 1.33 bits per heavy atom. The summed E-state index contributed by atoms with van der Waals surface area (Å²) in [4.78, 5) is 0. The number of hydrogen-bond donors (Lipinski definition) is 0. The van der Waals surface area contributed by atoms with Crippen molar-refractivity contribution in [3.8, 4) is 0 Å². The summed E-state index contributed by atoms with van der Waals surface area (Å²) in [5.41, 5.74) is 0. The van der Waals surface area contributed by atoms with Crippen LogP contribution >= 0.6 is 0 Å². The van der Waals surface area contributed by atoms with Crippen LogP contribution in [-0.2, 0) is 0 Å².